The van der Waals surface area contributed by atoms with E-state index in [1.807, 2.05) is 0 Å². The molecule has 0 radical (unpaired) electrons. The number of hydrogen-bond acceptors (Lipinski definition) is 2. The first-order chi connectivity index (χ1) is 9.04. The summed E-state index contributed by atoms with van der Waals surface area (Å²) in [7, 11) is 0. The molecule has 20 heavy (non-hydrogen) atoms. The third-order valence-corrected chi connectivity index (χ3v) is 3.06. The minimum atomic E-state index is -4.78. The summed E-state index contributed by atoms with van der Waals surface area (Å²) in [5, 5.41) is 8.78. The monoisotopic (exact) mass is 292 g/mol. The van der Waals surface area contributed by atoms with E-state index in [1.165, 1.54) is 13.8 Å². The number of rotatable bonds is 4. The fourth-order valence-corrected chi connectivity index (χ4v) is 1.60. The first-order valence-electron chi connectivity index (χ1n) is 5.69. The number of Topliss-reactive ketones (excluding diaryl/α,β-unsaturated/α-hetero) is 1. The molecule has 1 aromatic rings. The third kappa shape index (κ3) is 3.55. The Morgan fingerprint density at radius 3 is 2.10 bits per heavy atom. The van der Waals surface area contributed by atoms with Crippen LogP contribution in [0.5, 0.6) is 0 Å². The summed E-state index contributed by atoms with van der Waals surface area (Å²) in [6.07, 6.45) is -4.78. The van der Waals surface area contributed by atoms with Gasteiger partial charge < -0.3 is 5.11 Å². The van der Waals surface area contributed by atoms with Crippen molar-refractivity contribution < 1.29 is 32.3 Å². The van der Waals surface area contributed by atoms with Gasteiger partial charge in [0.2, 0.25) is 0 Å². The Labute approximate surface area is 112 Å². The molecule has 7 heteroatoms. The third-order valence-electron chi connectivity index (χ3n) is 3.06. The summed E-state index contributed by atoms with van der Waals surface area (Å²) in [6.45, 7) is 2.54. The van der Waals surface area contributed by atoms with Gasteiger partial charge in [-0.15, -0.1) is 0 Å². The van der Waals surface area contributed by atoms with Crippen LogP contribution in [0.15, 0.2) is 18.2 Å². The van der Waals surface area contributed by atoms with Crippen molar-refractivity contribution in [3.8, 4) is 0 Å². The lowest BCUT2D eigenvalue weighted by molar-refractivity contribution is -0.142. The molecule has 0 saturated heterocycles. The maximum absolute atomic E-state index is 13.2. The van der Waals surface area contributed by atoms with Gasteiger partial charge in [0.15, 0.2) is 5.78 Å². The lowest BCUT2D eigenvalue weighted by Crippen LogP contribution is -2.25. The Hall–Kier alpha value is -1.92. The second-order valence-electron chi connectivity index (χ2n) is 4.51. The number of aliphatic carboxylic acids is 1. The quantitative estimate of drug-likeness (QED) is 0.683. The van der Waals surface area contributed by atoms with Crippen LogP contribution in [0.1, 0.15) is 29.8 Å². The Morgan fingerprint density at radius 2 is 1.65 bits per heavy atom. The number of carboxylic acids is 1. The molecule has 0 aliphatic rings. The highest BCUT2D eigenvalue weighted by atomic mass is 19.4. The van der Waals surface area contributed by atoms with Crippen LogP contribution >= 0.6 is 0 Å². The van der Waals surface area contributed by atoms with Gasteiger partial charge in [-0.25, -0.2) is 4.39 Å². The Bertz CT molecular complexity index is 537. The molecule has 2 atom stereocenters. The van der Waals surface area contributed by atoms with E-state index in [9.17, 15) is 27.2 Å². The summed E-state index contributed by atoms with van der Waals surface area (Å²) in [5.74, 6) is -5.43. The van der Waals surface area contributed by atoms with Gasteiger partial charge in [0.05, 0.1) is 11.5 Å². The summed E-state index contributed by atoms with van der Waals surface area (Å²) in [5.41, 5.74) is -1.77. The van der Waals surface area contributed by atoms with Crippen molar-refractivity contribution in [1.82, 2.24) is 0 Å². The predicted octanol–water partition coefficient (Wildman–Crippen LogP) is 3.38. The molecule has 0 aliphatic carbocycles. The van der Waals surface area contributed by atoms with Crippen LogP contribution in [0, 0.1) is 17.7 Å². The highest BCUT2D eigenvalue weighted by Crippen LogP contribution is 2.31. The molecule has 0 saturated carbocycles. The van der Waals surface area contributed by atoms with Crippen LogP contribution in [0.2, 0.25) is 0 Å². The Morgan fingerprint density at radius 1 is 1.10 bits per heavy atom. The topological polar surface area (TPSA) is 54.4 Å². The van der Waals surface area contributed by atoms with Crippen molar-refractivity contribution in [2.45, 2.75) is 20.0 Å². The van der Waals surface area contributed by atoms with Crippen molar-refractivity contribution in [3.63, 3.8) is 0 Å². The van der Waals surface area contributed by atoms with Gasteiger partial charge in [-0.1, -0.05) is 13.8 Å². The molecule has 1 aromatic carbocycles. The SMILES string of the molecule is CC(C(=O)O)C(C)C(=O)c1cc(F)cc(C(F)(F)F)c1. The van der Waals surface area contributed by atoms with Gasteiger partial charge in [-0.05, 0) is 18.2 Å². The van der Waals surface area contributed by atoms with Gasteiger partial charge in [0.1, 0.15) is 5.82 Å². The molecule has 0 bridgehead atoms. The van der Waals surface area contributed by atoms with Gasteiger partial charge in [-0.2, -0.15) is 13.2 Å². The average Bonchev–Trinajstić information content (AvgIpc) is 2.34. The lowest BCUT2D eigenvalue weighted by Gasteiger charge is -2.16. The van der Waals surface area contributed by atoms with Crippen LogP contribution < -0.4 is 0 Å². The molecule has 0 aromatic heterocycles. The molecule has 110 valence electrons. The zero-order valence-electron chi connectivity index (χ0n) is 10.7. The lowest BCUT2D eigenvalue weighted by atomic mass is 9.88. The number of carbonyl (C=O) groups is 2. The first kappa shape index (κ1) is 16.1. The molecular weight excluding hydrogens is 280 g/mol. The summed E-state index contributed by atoms with van der Waals surface area (Å²) in [6, 6.07) is 1.47. The summed E-state index contributed by atoms with van der Waals surface area (Å²) < 4.78 is 50.8. The Balaban J connectivity index is 3.17. The number of halogens is 4. The van der Waals surface area contributed by atoms with Crippen molar-refractivity contribution in [1.29, 1.82) is 0 Å². The summed E-state index contributed by atoms with van der Waals surface area (Å²) >= 11 is 0. The number of benzene rings is 1. The normalized spacial score (nSPS) is 14.7. The van der Waals surface area contributed by atoms with Gasteiger partial charge in [0.25, 0.3) is 0 Å². The maximum atomic E-state index is 13.2. The largest absolute Gasteiger partial charge is 0.481 e. The minimum Gasteiger partial charge on any atom is -0.481 e. The highest BCUT2D eigenvalue weighted by Gasteiger charge is 2.33. The van der Waals surface area contributed by atoms with E-state index in [-0.39, 0.29) is 6.07 Å². The molecule has 1 rings (SSSR count). The summed E-state index contributed by atoms with van der Waals surface area (Å²) in [4.78, 5) is 22.7. The highest BCUT2D eigenvalue weighted by molar-refractivity contribution is 5.99. The number of alkyl halides is 3. The average molecular weight is 292 g/mol. The number of hydrogen-bond donors (Lipinski definition) is 1. The minimum absolute atomic E-state index is 0.280. The molecule has 2 unspecified atom stereocenters. The fourth-order valence-electron chi connectivity index (χ4n) is 1.60. The molecule has 0 fully saturated rings. The molecule has 0 amide bonds. The maximum Gasteiger partial charge on any atom is 0.416 e. The van der Waals surface area contributed by atoms with Crippen molar-refractivity contribution in [2.75, 3.05) is 0 Å². The standard InChI is InChI=1S/C13H12F4O3/c1-6(7(2)12(19)20)11(18)8-3-9(13(15,16)17)5-10(14)4-8/h3-7H,1-2H3,(H,19,20). The van der Waals surface area contributed by atoms with E-state index < -0.39 is 46.7 Å². The van der Waals surface area contributed by atoms with Crippen LogP contribution in [-0.4, -0.2) is 16.9 Å². The van der Waals surface area contributed by atoms with E-state index in [0.717, 1.165) is 0 Å². The zero-order valence-corrected chi connectivity index (χ0v) is 10.7. The predicted molar refractivity (Wildman–Crippen MR) is 61.7 cm³/mol. The fraction of sp³-hybridized carbons (Fsp3) is 0.385. The second-order valence-corrected chi connectivity index (χ2v) is 4.51. The van der Waals surface area contributed by atoms with Crippen molar-refractivity contribution in [2.24, 2.45) is 11.8 Å². The number of carboxylic acid groups (broad SMARTS) is 1. The van der Waals surface area contributed by atoms with Crippen LogP contribution in [0.25, 0.3) is 0 Å². The van der Waals surface area contributed by atoms with E-state index >= 15 is 0 Å². The van der Waals surface area contributed by atoms with Gasteiger partial charge in [0, 0.05) is 11.5 Å². The van der Waals surface area contributed by atoms with Crippen molar-refractivity contribution >= 4 is 11.8 Å². The molecular formula is C13H12F4O3. The van der Waals surface area contributed by atoms with Crippen LogP contribution in [0.3, 0.4) is 0 Å². The van der Waals surface area contributed by atoms with E-state index in [1.54, 1.807) is 0 Å². The smallest absolute Gasteiger partial charge is 0.416 e. The van der Waals surface area contributed by atoms with Gasteiger partial charge >= 0.3 is 12.1 Å². The first-order valence-corrected chi connectivity index (χ1v) is 5.69. The van der Waals surface area contributed by atoms with Crippen LogP contribution in [-0.2, 0) is 11.0 Å². The molecule has 0 heterocycles. The second kappa shape index (κ2) is 5.60. The molecule has 3 nitrogen and oxygen atoms in total. The Kier molecular flexibility index (Phi) is 4.52. The van der Waals surface area contributed by atoms with E-state index in [4.69, 9.17) is 5.11 Å². The number of carbonyl (C=O) groups excluding carboxylic acids is 1. The van der Waals surface area contributed by atoms with Gasteiger partial charge in [-0.3, -0.25) is 9.59 Å². The molecule has 0 aliphatic heterocycles. The molecule has 0 spiro atoms. The number of ketones is 1. The van der Waals surface area contributed by atoms with E-state index in [0.29, 0.717) is 12.1 Å². The van der Waals surface area contributed by atoms with E-state index in [2.05, 4.69) is 0 Å². The zero-order chi connectivity index (χ0) is 15.7. The van der Waals surface area contributed by atoms with Crippen molar-refractivity contribution in [3.05, 3.63) is 35.1 Å². The van der Waals surface area contributed by atoms with Crippen LogP contribution in [0.4, 0.5) is 17.6 Å². The molecule has 1 N–H and O–H groups in total.